The van der Waals surface area contributed by atoms with Crippen LogP contribution >= 0.6 is 0 Å². The van der Waals surface area contributed by atoms with Gasteiger partial charge in [0.05, 0.1) is 6.10 Å². The van der Waals surface area contributed by atoms with Gasteiger partial charge in [0.15, 0.2) is 0 Å². The minimum absolute atomic E-state index is 0.367. The van der Waals surface area contributed by atoms with Crippen LogP contribution in [0.1, 0.15) is 68.2 Å². The lowest BCUT2D eigenvalue weighted by Crippen LogP contribution is -2.22. The molecular formula is C18H29NO. The van der Waals surface area contributed by atoms with Gasteiger partial charge in [0.1, 0.15) is 0 Å². The van der Waals surface area contributed by atoms with Crippen LogP contribution in [0, 0.1) is 0 Å². The highest BCUT2D eigenvalue weighted by molar-refractivity contribution is 5.34. The lowest BCUT2D eigenvalue weighted by Gasteiger charge is -2.19. The van der Waals surface area contributed by atoms with Crippen molar-refractivity contribution in [1.29, 1.82) is 0 Å². The Kier molecular flexibility index (Phi) is 6.55. The minimum atomic E-state index is -0.367. The average Bonchev–Trinajstić information content (AvgIpc) is 2.50. The van der Waals surface area contributed by atoms with E-state index in [1.54, 1.807) is 0 Å². The van der Waals surface area contributed by atoms with Crippen LogP contribution < -0.4 is 5.32 Å². The van der Waals surface area contributed by atoms with Crippen LogP contribution in [0.15, 0.2) is 18.2 Å². The summed E-state index contributed by atoms with van der Waals surface area (Å²) in [6.07, 6.45) is 9.72. The van der Waals surface area contributed by atoms with Crippen LogP contribution in [0.5, 0.6) is 0 Å². The standard InChI is InChI=1S/C18H29NO/c1-2-3-4-7-12-19-14-18(20)17-11-10-15-8-5-6-9-16(15)13-17/h10-11,13,18-20H,2-9,12,14H2,1H3. The molecular weight excluding hydrogens is 246 g/mol. The van der Waals surface area contributed by atoms with Gasteiger partial charge in [-0.3, -0.25) is 0 Å². The molecule has 0 fully saturated rings. The molecule has 0 spiro atoms. The molecule has 2 rings (SSSR count). The van der Waals surface area contributed by atoms with Gasteiger partial charge in [-0.05, 0) is 55.3 Å². The molecule has 0 saturated carbocycles. The van der Waals surface area contributed by atoms with Gasteiger partial charge >= 0.3 is 0 Å². The van der Waals surface area contributed by atoms with E-state index in [2.05, 4.69) is 30.4 Å². The number of aryl methyl sites for hydroxylation is 2. The number of hydrogen-bond acceptors (Lipinski definition) is 2. The Bertz CT molecular complexity index is 402. The minimum Gasteiger partial charge on any atom is -0.387 e. The fourth-order valence-electron chi connectivity index (χ4n) is 2.99. The van der Waals surface area contributed by atoms with Crippen LogP contribution in [0.25, 0.3) is 0 Å². The van der Waals surface area contributed by atoms with Crippen molar-refractivity contribution in [1.82, 2.24) is 5.32 Å². The number of rotatable bonds is 8. The Morgan fingerprint density at radius 2 is 1.90 bits per heavy atom. The lowest BCUT2D eigenvalue weighted by molar-refractivity contribution is 0.174. The van der Waals surface area contributed by atoms with E-state index in [1.165, 1.54) is 62.5 Å². The zero-order valence-electron chi connectivity index (χ0n) is 12.8. The predicted octanol–water partition coefficient (Wildman–Crippen LogP) is 3.77. The molecule has 2 N–H and O–H groups in total. The van der Waals surface area contributed by atoms with Crippen LogP contribution in [-0.4, -0.2) is 18.2 Å². The number of benzene rings is 1. The molecule has 1 aromatic rings. The maximum atomic E-state index is 10.3. The molecule has 1 atom stereocenters. The molecule has 20 heavy (non-hydrogen) atoms. The second-order valence-corrected chi connectivity index (χ2v) is 6.02. The van der Waals surface area contributed by atoms with Crippen LogP contribution in [0.3, 0.4) is 0 Å². The summed E-state index contributed by atoms with van der Waals surface area (Å²) in [6, 6.07) is 6.54. The van der Waals surface area contributed by atoms with Gasteiger partial charge in [-0.25, -0.2) is 0 Å². The zero-order valence-corrected chi connectivity index (χ0v) is 12.8. The number of aliphatic hydroxyl groups is 1. The average molecular weight is 275 g/mol. The SMILES string of the molecule is CCCCCCNCC(O)c1ccc2c(c1)CCCC2. The number of nitrogens with one attached hydrogen (secondary N) is 1. The third-order valence-electron chi connectivity index (χ3n) is 4.30. The number of aliphatic hydroxyl groups excluding tert-OH is 1. The smallest absolute Gasteiger partial charge is 0.0914 e. The lowest BCUT2D eigenvalue weighted by atomic mass is 9.89. The molecule has 2 heteroatoms. The summed E-state index contributed by atoms with van der Waals surface area (Å²) in [6.45, 7) is 3.92. The topological polar surface area (TPSA) is 32.3 Å². The summed E-state index contributed by atoms with van der Waals surface area (Å²) in [4.78, 5) is 0. The maximum absolute atomic E-state index is 10.3. The summed E-state index contributed by atoms with van der Waals surface area (Å²) in [5, 5.41) is 13.6. The first kappa shape index (κ1) is 15.5. The molecule has 0 bridgehead atoms. The highest BCUT2D eigenvalue weighted by Crippen LogP contribution is 2.24. The van der Waals surface area contributed by atoms with E-state index in [-0.39, 0.29) is 6.10 Å². The summed E-state index contributed by atoms with van der Waals surface area (Å²) in [5.74, 6) is 0. The first-order chi connectivity index (χ1) is 9.81. The first-order valence-electron chi connectivity index (χ1n) is 8.31. The molecule has 0 amide bonds. The van der Waals surface area contributed by atoms with Gasteiger partial charge in [-0.2, -0.15) is 0 Å². The van der Waals surface area contributed by atoms with Crippen LogP contribution in [0.4, 0.5) is 0 Å². The van der Waals surface area contributed by atoms with Crippen molar-refractivity contribution in [2.45, 2.75) is 64.4 Å². The molecule has 0 aliphatic heterocycles. The maximum Gasteiger partial charge on any atom is 0.0914 e. The van der Waals surface area contributed by atoms with Gasteiger partial charge < -0.3 is 10.4 Å². The van der Waals surface area contributed by atoms with Crippen LogP contribution in [0.2, 0.25) is 0 Å². The quantitative estimate of drug-likeness (QED) is 0.708. The Morgan fingerprint density at radius 3 is 2.70 bits per heavy atom. The molecule has 0 heterocycles. The molecule has 2 nitrogen and oxygen atoms in total. The molecule has 0 aromatic heterocycles. The van der Waals surface area contributed by atoms with Crippen molar-refractivity contribution in [2.75, 3.05) is 13.1 Å². The van der Waals surface area contributed by atoms with Gasteiger partial charge in [0.2, 0.25) is 0 Å². The van der Waals surface area contributed by atoms with Crippen molar-refractivity contribution in [2.24, 2.45) is 0 Å². The third-order valence-corrected chi connectivity index (χ3v) is 4.30. The van der Waals surface area contributed by atoms with E-state index in [4.69, 9.17) is 0 Å². The predicted molar refractivity (Wildman–Crippen MR) is 85.1 cm³/mol. The largest absolute Gasteiger partial charge is 0.387 e. The van der Waals surface area contributed by atoms with Gasteiger partial charge in [-0.15, -0.1) is 0 Å². The molecule has 0 saturated heterocycles. The van der Waals surface area contributed by atoms with Crippen LogP contribution in [-0.2, 0) is 12.8 Å². The van der Waals surface area contributed by atoms with Gasteiger partial charge in [0, 0.05) is 6.54 Å². The van der Waals surface area contributed by atoms with E-state index < -0.39 is 0 Å². The van der Waals surface area contributed by atoms with E-state index in [9.17, 15) is 5.11 Å². The summed E-state index contributed by atoms with van der Waals surface area (Å²) >= 11 is 0. The Labute approximate surface area is 123 Å². The Hall–Kier alpha value is -0.860. The molecule has 1 unspecified atom stereocenters. The summed E-state index contributed by atoms with van der Waals surface area (Å²) in [7, 11) is 0. The zero-order chi connectivity index (χ0) is 14.2. The normalized spacial score (nSPS) is 15.9. The van der Waals surface area contributed by atoms with Gasteiger partial charge in [-0.1, -0.05) is 44.4 Å². The Morgan fingerprint density at radius 1 is 1.10 bits per heavy atom. The summed E-state index contributed by atoms with van der Waals surface area (Å²) in [5.41, 5.74) is 4.02. The van der Waals surface area contributed by atoms with Gasteiger partial charge in [0.25, 0.3) is 0 Å². The fourth-order valence-corrected chi connectivity index (χ4v) is 2.99. The first-order valence-corrected chi connectivity index (χ1v) is 8.31. The van der Waals surface area contributed by atoms with Crippen molar-refractivity contribution >= 4 is 0 Å². The second kappa shape index (κ2) is 8.43. The summed E-state index contributed by atoms with van der Waals surface area (Å²) < 4.78 is 0. The van der Waals surface area contributed by atoms with Crippen molar-refractivity contribution in [3.05, 3.63) is 34.9 Å². The fraction of sp³-hybridized carbons (Fsp3) is 0.667. The molecule has 1 aromatic carbocycles. The van der Waals surface area contributed by atoms with E-state index in [0.717, 1.165) is 12.1 Å². The molecule has 1 aliphatic carbocycles. The third kappa shape index (κ3) is 4.60. The van der Waals surface area contributed by atoms with Crippen molar-refractivity contribution < 1.29 is 5.11 Å². The molecule has 0 radical (unpaired) electrons. The Balaban J connectivity index is 1.76. The molecule has 1 aliphatic rings. The van der Waals surface area contributed by atoms with E-state index in [0.29, 0.717) is 6.54 Å². The van der Waals surface area contributed by atoms with Crippen molar-refractivity contribution in [3.63, 3.8) is 0 Å². The highest BCUT2D eigenvalue weighted by atomic mass is 16.3. The highest BCUT2D eigenvalue weighted by Gasteiger charge is 2.13. The number of unbranched alkanes of at least 4 members (excludes halogenated alkanes) is 3. The second-order valence-electron chi connectivity index (χ2n) is 6.02. The van der Waals surface area contributed by atoms with Crippen molar-refractivity contribution in [3.8, 4) is 0 Å². The molecule has 112 valence electrons. The van der Waals surface area contributed by atoms with E-state index in [1.807, 2.05) is 0 Å². The number of fused-ring (bicyclic) bond motifs is 1. The monoisotopic (exact) mass is 275 g/mol. The van der Waals surface area contributed by atoms with E-state index >= 15 is 0 Å². The number of hydrogen-bond donors (Lipinski definition) is 2.